The standard InChI is InChI=1S/C16H12ClNO2/c17-14-15(19)12-8-4-5-9-13(12)18(16(14)20)10-11-6-2-1-3-7-11/h1-9,19H,10H2. The molecule has 2 aromatic carbocycles. The van der Waals surface area contributed by atoms with Gasteiger partial charge in [0, 0.05) is 5.39 Å². The van der Waals surface area contributed by atoms with E-state index in [-0.39, 0.29) is 16.3 Å². The highest BCUT2D eigenvalue weighted by molar-refractivity contribution is 6.32. The van der Waals surface area contributed by atoms with Crippen molar-refractivity contribution in [3.63, 3.8) is 0 Å². The van der Waals surface area contributed by atoms with Gasteiger partial charge in [-0.2, -0.15) is 0 Å². The number of pyridine rings is 1. The number of fused-ring (bicyclic) bond motifs is 1. The van der Waals surface area contributed by atoms with Crippen molar-refractivity contribution in [3.8, 4) is 5.75 Å². The highest BCUT2D eigenvalue weighted by Crippen LogP contribution is 2.29. The summed E-state index contributed by atoms with van der Waals surface area (Å²) in [6.45, 7) is 0.417. The zero-order chi connectivity index (χ0) is 14.1. The van der Waals surface area contributed by atoms with Gasteiger partial charge in [-0.1, -0.05) is 54.1 Å². The first kappa shape index (κ1) is 12.8. The van der Waals surface area contributed by atoms with Crippen LogP contribution < -0.4 is 5.56 Å². The van der Waals surface area contributed by atoms with Crippen molar-refractivity contribution in [3.05, 3.63) is 75.5 Å². The van der Waals surface area contributed by atoms with Gasteiger partial charge >= 0.3 is 0 Å². The number of aromatic nitrogens is 1. The minimum absolute atomic E-state index is 0.139. The molecular formula is C16H12ClNO2. The Morgan fingerprint density at radius 1 is 1.00 bits per heavy atom. The molecule has 3 nitrogen and oxygen atoms in total. The van der Waals surface area contributed by atoms with Gasteiger partial charge in [-0.15, -0.1) is 0 Å². The number of halogens is 1. The van der Waals surface area contributed by atoms with Gasteiger partial charge in [0.2, 0.25) is 0 Å². The molecule has 0 saturated carbocycles. The van der Waals surface area contributed by atoms with E-state index in [0.717, 1.165) is 5.56 Å². The van der Waals surface area contributed by atoms with Crippen molar-refractivity contribution < 1.29 is 5.11 Å². The lowest BCUT2D eigenvalue weighted by atomic mass is 10.1. The number of aromatic hydroxyl groups is 1. The Balaban J connectivity index is 2.27. The van der Waals surface area contributed by atoms with Gasteiger partial charge in [0.25, 0.3) is 5.56 Å². The van der Waals surface area contributed by atoms with Gasteiger partial charge in [-0.25, -0.2) is 0 Å². The minimum Gasteiger partial charge on any atom is -0.505 e. The lowest BCUT2D eigenvalue weighted by Crippen LogP contribution is -2.21. The molecule has 0 fully saturated rings. The molecule has 0 atom stereocenters. The average molecular weight is 286 g/mol. The Labute approximate surface area is 120 Å². The topological polar surface area (TPSA) is 42.2 Å². The normalized spacial score (nSPS) is 10.8. The van der Waals surface area contributed by atoms with E-state index in [1.54, 1.807) is 22.8 Å². The summed E-state index contributed by atoms with van der Waals surface area (Å²) < 4.78 is 1.58. The molecule has 1 aromatic heterocycles. The van der Waals surface area contributed by atoms with E-state index in [2.05, 4.69) is 0 Å². The summed E-state index contributed by atoms with van der Waals surface area (Å²) in [6.07, 6.45) is 0. The molecule has 3 aromatic rings. The first-order valence-corrected chi connectivity index (χ1v) is 6.60. The smallest absolute Gasteiger partial charge is 0.273 e. The summed E-state index contributed by atoms with van der Waals surface area (Å²) in [4.78, 5) is 12.3. The van der Waals surface area contributed by atoms with Crippen LogP contribution in [-0.2, 0) is 6.54 Å². The van der Waals surface area contributed by atoms with Crippen LogP contribution in [0.5, 0.6) is 5.75 Å². The van der Waals surface area contributed by atoms with E-state index < -0.39 is 0 Å². The molecule has 0 saturated heterocycles. The summed E-state index contributed by atoms with van der Waals surface area (Å²) >= 11 is 5.94. The molecule has 0 bridgehead atoms. The van der Waals surface area contributed by atoms with Crippen LogP contribution in [0, 0.1) is 0 Å². The molecule has 0 aliphatic carbocycles. The van der Waals surface area contributed by atoms with Crippen molar-refractivity contribution in [1.82, 2.24) is 4.57 Å². The minimum atomic E-state index is -0.383. The zero-order valence-electron chi connectivity index (χ0n) is 10.6. The lowest BCUT2D eigenvalue weighted by molar-refractivity contribution is 0.479. The SMILES string of the molecule is O=c1c(Cl)c(O)c2ccccc2n1Cc1ccccc1. The third-order valence-electron chi connectivity index (χ3n) is 3.27. The highest BCUT2D eigenvalue weighted by Gasteiger charge is 2.14. The molecule has 3 rings (SSSR count). The fourth-order valence-corrected chi connectivity index (χ4v) is 2.48. The van der Waals surface area contributed by atoms with Crippen molar-refractivity contribution in [2.24, 2.45) is 0 Å². The van der Waals surface area contributed by atoms with Crippen LogP contribution in [0.2, 0.25) is 5.02 Å². The number of para-hydroxylation sites is 1. The summed E-state index contributed by atoms with van der Waals surface area (Å²) in [5.74, 6) is -0.156. The van der Waals surface area contributed by atoms with Crippen LogP contribution in [0.15, 0.2) is 59.4 Å². The highest BCUT2D eigenvalue weighted by atomic mass is 35.5. The number of nitrogens with zero attached hydrogens (tertiary/aromatic N) is 1. The van der Waals surface area contributed by atoms with Gasteiger partial charge in [-0.05, 0) is 17.7 Å². The molecule has 0 unspecified atom stereocenters. The van der Waals surface area contributed by atoms with Crippen molar-refractivity contribution >= 4 is 22.5 Å². The van der Waals surface area contributed by atoms with E-state index in [1.165, 1.54) is 0 Å². The molecule has 1 heterocycles. The van der Waals surface area contributed by atoms with E-state index in [9.17, 15) is 9.90 Å². The van der Waals surface area contributed by atoms with Gasteiger partial charge < -0.3 is 9.67 Å². The van der Waals surface area contributed by atoms with Crippen molar-refractivity contribution in [2.75, 3.05) is 0 Å². The maximum atomic E-state index is 12.3. The first-order valence-electron chi connectivity index (χ1n) is 6.22. The predicted octanol–water partition coefficient (Wildman–Crippen LogP) is 3.41. The second-order valence-electron chi connectivity index (χ2n) is 4.56. The third kappa shape index (κ3) is 2.06. The van der Waals surface area contributed by atoms with Gasteiger partial charge in [-0.3, -0.25) is 4.79 Å². The molecule has 0 spiro atoms. The number of hydrogen-bond acceptors (Lipinski definition) is 2. The predicted molar refractivity (Wildman–Crippen MR) is 80.4 cm³/mol. The fourth-order valence-electron chi connectivity index (χ4n) is 2.28. The maximum Gasteiger partial charge on any atom is 0.273 e. The molecule has 0 radical (unpaired) electrons. The summed E-state index contributed by atoms with van der Waals surface area (Å²) in [5, 5.41) is 10.4. The summed E-state index contributed by atoms with van der Waals surface area (Å²) in [5.41, 5.74) is 1.29. The first-order chi connectivity index (χ1) is 9.68. The average Bonchev–Trinajstić information content (AvgIpc) is 2.50. The fraction of sp³-hybridized carbons (Fsp3) is 0.0625. The van der Waals surface area contributed by atoms with Crippen LogP contribution >= 0.6 is 11.6 Å². The Bertz CT molecular complexity index is 825. The van der Waals surface area contributed by atoms with Crippen LogP contribution in [-0.4, -0.2) is 9.67 Å². The largest absolute Gasteiger partial charge is 0.505 e. The molecular weight excluding hydrogens is 274 g/mol. The van der Waals surface area contributed by atoms with Crippen LogP contribution in [0.25, 0.3) is 10.9 Å². The molecule has 0 aliphatic rings. The van der Waals surface area contributed by atoms with E-state index in [0.29, 0.717) is 17.4 Å². The van der Waals surface area contributed by atoms with Crippen LogP contribution in [0.3, 0.4) is 0 Å². The Morgan fingerprint density at radius 2 is 1.65 bits per heavy atom. The monoisotopic (exact) mass is 285 g/mol. The number of rotatable bonds is 2. The Hall–Kier alpha value is -2.26. The Kier molecular flexibility index (Phi) is 3.20. The molecule has 4 heteroatoms. The Morgan fingerprint density at radius 3 is 2.40 bits per heavy atom. The molecule has 100 valence electrons. The third-order valence-corrected chi connectivity index (χ3v) is 3.61. The van der Waals surface area contributed by atoms with Crippen LogP contribution in [0.1, 0.15) is 5.56 Å². The second kappa shape index (κ2) is 5.02. The molecule has 1 N–H and O–H groups in total. The van der Waals surface area contributed by atoms with Gasteiger partial charge in [0.15, 0.2) is 0 Å². The van der Waals surface area contributed by atoms with Gasteiger partial charge in [0.05, 0.1) is 12.1 Å². The van der Waals surface area contributed by atoms with E-state index in [1.807, 2.05) is 36.4 Å². The summed E-state index contributed by atoms with van der Waals surface area (Å²) in [7, 11) is 0. The second-order valence-corrected chi connectivity index (χ2v) is 4.93. The molecule has 20 heavy (non-hydrogen) atoms. The van der Waals surface area contributed by atoms with Crippen molar-refractivity contribution in [1.29, 1.82) is 0 Å². The van der Waals surface area contributed by atoms with Crippen LogP contribution in [0.4, 0.5) is 0 Å². The van der Waals surface area contributed by atoms with Crippen molar-refractivity contribution in [2.45, 2.75) is 6.54 Å². The number of benzene rings is 2. The zero-order valence-corrected chi connectivity index (χ0v) is 11.3. The van der Waals surface area contributed by atoms with Gasteiger partial charge in [0.1, 0.15) is 10.8 Å². The lowest BCUT2D eigenvalue weighted by Gasteiger charge is -2.12. The summed E-state index contributed by atoms with van der Waals surface area (Å²) in [6, 6.07) is 16.8. The van der Waals surface area contributed by atoms with E-state index >= 15 is 0 Å². The number of hydrogen-bond donors (Lipinski definition) is 1. The molecule has 0 aliphatic heterocycles. The van der Waals surface area contributed by atoms with E-state index in [4.69, 9.17) is 11.6 Å². The maximum absolute atomic E-state index is 12.3. The molecule has 0 amide bonds. The quantitative estimate of drug-likeness (QED) is 0.784.